The number of amides is 1. The minimum atomic E-state index is 0.0616. The maximum Gasteiger partial charge on any atom is 0.230 e. The van der Waals surface area contributed by atoms with Crippen LogP contribution in [0, 0.1) is 6.92 Å². The molecule has 1 N–H and O–H groups in total. The highest BCUT2D eigenvalue weighted by Crippen LogP contribution is 2.18. The van der Waals surface area contributed by atoms with Gasteiger partial charge in [-0.05, 0) is 19.1 Å². The van der Waals surface area contributed by atoms with Gasteiger partial charge in [-0.3, -0.25) is 4.79 Å². The molecule has 0 aliphatic rings. The van der Waals surface area contributed by atoms with Crippen molar-refractivity contribution in [2.45, 2.75) is 11.8 Å². The number of hydrogen-bond donors (Lipinski definition) is 1. The second-order valence-electron chi connectivity index (χ2n) is 2.78. The number of hydrogen-bond acceptors (Lipinski definition) is 2. The van der Waals surface area contributed by atoms with Crippen molar-refractivity contribution in [3.05, 3.63) is 29.8 Å². The minimum absolute atomic E-state index is 0.0616. The molecule has 0 spiro atoms. The molecule has 0 radical (unpaired) electrons. The van der Waals surface area contributed by atoms with E-state index in [4.69, 9.17) is 0 Å². The molecule has 0 bridgehead atoms. The first kappa shape index (κ1) is 10.1. The summed E-state index contributed by atoms with van der Waals surface area (Å²) in [5.74, 6) is 0.548. The van der Waals surface area contributed by atoms with Crippen LogP contribution in [0.2, 0.25) is 0 Å². The Morgan fingerprint density at radius 2 is 2.31 bits per heavy atom. The third kappa shape index (κ3) is 3.51. The molecule has 0 saturated heterocycles. The van der Waals surface area contributed by atoms with E-state index in [9.17, 15) is 4.79 Å². The van der Waals surface area contributed by atoms with E-state index in [-0.39, 0.29) is 5.91 Å². The van der Waals surface area contributed by atoms with Crippen molar-refractivity contribution < 1.29 is 4.79 Å². The minimum Gasteiger partial charge on any atom is -0.358 e. The van der Waals surface area contributed by atoms with Gasteiger partial charge in [0.1, 0.15) is 0 Å². The molecule has 0 saturated carbocycles. The SMILES string of the molecule is CNC(=O)CSc1cccc(C)c1. The van der Waals surface area contributed by atoms with Crippen LogP contribution in [0.3, 0.4) is 0 Å². The van der Waals surface area contributed by atoms with Crippen molar-refractivity contribution in [3.63, 3.8) is 0 Å². The molecular formula is C10H13NOS. The predicted molar refractivity (Wildman–Crippen MR) is 56.0 cm³/mol. The smallest absolute Gasteiger partial charge is 0.230 e. The molecular weight excluding hydrogens is 182 g/mol. The molecule has 0 aliphatic heterocycles. The summed E-state index contributed by atoms with van der Waals surface area (Å²) < 4.78 is 0. The Hall–Kier alpha value is -0.960. The summed E-state index contributed by atoms with van der Waals surface area (Å²) in [6.45, 7) is 2.05. The van der Waals surface area contributed by atoms with E-state index in [2.05, 4.69) is 11.4 Å². The third-order valence-corrected chi connectivity index (χ3v) is 2.63. The van der Waals surface area contributed by atoms with Crippen molar-refractivity contribution in [3.8, 4) is 0 Å². The molecule has 0 heterocycles. The second kappa shape index (κ2) is 4.92. The lowest BCUT2D eigenvalue weighted by Gasteiger charge is -2.01. The molecule has 0 unspecified atom stereocenters. The number of benzene rings is 1. The van der Waals surface area contributed by atoms with Gasteiger partial charge in [0.2, 0.25) is 5.91 Å². The average molecular weight is 195 g/mol. The van der Waals surface area contributed by atoms with Crippen molar-refractivity contribution in [2.24, 2.45) is 0 Å². The highest BCUT2D eigenvalue weighted by atomic mass is 32.2. The molecule has 1 amide bonds. The number of nitrogens with one attached hydrogen (secondary N) is 1. The monoisotopic (exact) mass is 195 g/mol. The number of carbonyl (C=O) groups excluding carboxylic acids is 1. The summed E-state index contributed by atoms with van der Waals surface area (Å²) in [6.07, 6.45) is 0. The Morgan fingerprint density at radius 3 is 2.92 bits per heavy atom. The van der Waals surface area contributed by atoms with Gasteiger partial charge >= 0.3 is 0 Å². The third-order valence-electron chi connectivity index (χ3n) is 1.64. The summed E-state index contributed by atoms with van der Waals surface area (Å²) in [4.78, 5) is 12.1. The summed E-state index contributed by atoms with van der Waals surface area (Å²) in [5, 5.41) is 2.59. The standard InChI is InChI=1S/C10H13NOS/c1-8-4-3-5-9(6-8)13-7-10(12)11-2/h3-6H,7H2,1-2H3,(H,11,12). The van der Waals surface area contributed by atoms with Crippen LogP contribution in [0.5, 0.6) is 0 Å². The van der Waals surface area contributed by atoms with Crippen LogP contribution in [-0.2, 0) is 4.79 Å². The van der Waals surface area contributed by atoms with Gasteiger partial charge < -0.3 is 5.32 Å². The zero-order valence-corrected chi connectivity index (χ0v) is 8.65. The van der Waals surface area contributed by atoms with Gasteiger partial charge in [0.05, 0.1) is 5.75 Å². The van der Waals surface area contributed by atoms with Crippen LogP contribution in [0.1, 0.15) is 5.56 Å². The quantitative estimate of drug-likeness (QED) is 0.746. The normalized spacial score (nSPS) is 9.69. The summed E-state index contributed by atoms with van der Waals surface area (Å²) in [5.41, 5.74) is 1.22. The maximum atomic E-state index is 10.9. The number of aryl methyl sites for hydroxylation is 1. The Labute approximate surface area is 82.7 Å². The first-order valence-electron chi connectivity index (χ1n) is 4.12. The van der Waals surface area contributed by atoms with Gasteiger partial charge in [-0.15, -0.1) is 11.8 Å². The fourth-order valence-electron chi connectivity index (χ4n) is 0.926. The van der Waals surface area contributed by atoms with Crippen molar-refractivity contribution in [2.75, 3.05) is 12.8 Å². The Kier molecular flexibility index (Phi) is 3.83. The van der Waals surface area contributed by atoms with Crippen molar-refractivity contribution in [1.29, 1.82) is 0 Å². The number of carbonyl (C=O) groups is 1. The first-order chi connectivity index (χ1) is 6.22. The van der Waals surface area contributed by atoms with E-state index in [1.165, 1.54) is 5.56 Å². The lowest BCUT2D eigenvalue weighted by Crippen LogP contribution is -2.19. The van der Waals surface area contributed by atoms with Gasteiger partial charge in [-0.2, -0.15) is 0 Å². The van der Waals surface area contributed by atoms with Crippen LogP contribution >= 0.6 is 11.8 Å². The fraction of sp³-hybridized carbons (Fsp3) is 0.300. The largest absolute Gasteiger partial charge is 0.358 e. The fourth-order valence-corrected chi connectivity index (χ4v) is 1.81. The van der Waals surface area contributed by atoms with Crippen LogP contribution in [0.15, 0.2) is 29.2 Å². The molecule has 70 valence electrons. The van der Waals surface area contributed by atoms with Crippen molar-refractivity contribution >= 4 is 17.7 Å². The van der Waals surface area contributed by atoms with E-state index < -0.39 is 0 Å². The van der Waals surface area contributed by atoms with Gasteiger partial charge in [0.15, 0.2) is 0 Å². The molecule has 0 atom stereocenters. The van der Waals surface area contributed by atoms with Gasteiger partial charge in [-0.1, -0.05) is 17.7 Å². The second-order valence-corrected chi connectivity index (χ2v) is 3.83. The van der Waals surface area contributed by atoms with Gasteiger partial charge in [0, 0.05) is 11.9 Å². The maximum absolute atomic E-state index is 10.9. The van der Waals surface area contributed by atoms with Gasteiger partial charge in [0.25, 0.3) is 0 Å². The van der Waals surface area contributed by atoms with Gasteiger partial charge in [-0.25, -0.2) is 0 Å². The zero-order chi connectivity index (χ0) is 9.68. The van der Waals surface area contributed by atoms with Crippen LogP contribution in [-0.4, -0.2) is 18.7 Å². The molecule has 13 heavy (non-hydrogen) atoms. The van der Waals surface area contributed by atoms with E-state index in [1.54, 1.807) is 18.8 Å². The number of rotatable bonds is 3. The summed E-state index contributed by atoms with van der Waals surface area (Å²) in [7, 11) is 1.65. The molecule has 1 rings (SSSR count). The van der Waals surface area contributed by atoms with E-state index >= 15 is 0 Å². The predicted octanol–water partition coefficient (Wildman–Crippen LogP) is 1.83. The molecule has 2 nitrogen and oxygen atoms in total. The van der Waals surface area contributed by atoms with Crippen LogP contribution in [0.4, 0.5) is 0 Å². The molecule has 1 aromatic rings. The van der Waals surface area contributed by atoms with E-state index in [0.717, 1.165) is 4.90 Å². The summed E-state index contributed by atoms with van der Waals surface area (Å²) >= 11 is 1.56. The number of thioether (sulfide) groups is 1. The Bertz CT molecular complexity index is 299. The highest BCUT2D eigenvalue weighted by molar-refractivity contribution is 8.00. The van der Waals surface area contributed by atoms with Crippen molar-refractivity contribution in [1.82, 2.24) is 5.32 Å². The molecule has 0 aliphatic carbocycles. The first-order valence-corrected chi connectivity index (χ1v) is 5.11. The molecule has 1 aromatic carbocycles. The topological polar surface area (TPSA) is 29.1 Å². The summed E-state index contributed by atoms with van der Waals surface area (Å²) in [6, 6.07) is 8.14. The van der Waals surface area contributed by atoms with E-state index in [0.29, 0.717) is 5.75 Å². The zero-order valence-electron chi connectivity index (χ0n) is 7.83. The molecule has 3 heteroatoms. The average Bonchev–Trinajstić information content (AvgIpc) is 2.14. The van der Waals surface area contributed by atoms with Crippen LogP contribution < -0.4 is 5.32 Å². The Balaban J connectivity index is 2.50. The molecule has 0 aromatic heterocycles. The van der Waals surface area contributed by atoms with E-state index in [1.807, 2.05) is 25.1 Å². The van der Waals surface area contributed by atoms with Crippen LogP contribution in [0.25, 0.3) is 0 Å². The Morgan fingerprint density at radius 1 is 1.54 bits per heavy atom. The lowest BCUT2D eigenvalue weighted by atomic mass is 10.2. The highest BCUT2D eigenvalue weighted by Gasteiger charge is 1.99. The lowest BCUT2D eigenvalue weighted by molar-refractivity contribution is -0.118. The molecule has 0 fully saturated rings.